The number of fused-ring (bicyclic) bond motifs is 2. The Kier molecular flexibility index (Phi) is 6.95. The van der Waals surface area contributed by atoms with Gasteiger partial charge in [0.25, 0.3) is 11.5 Å². The second kappa shape index (κ2) is 10.5. The lowest BCUT2D eigenvalue weighted by molar-refractivity contribution is 0.0945. The molecule has 8 heteroatoms. The second-order valence-electron chi connectivity index (χ2n) is 9.66. The molecule has 0 aliphatic heterocycles. The fourth-order valence-electron chi connectivity index (χ4n) is 4.39. The summed E-state index contributed by atoms with van der Waals surface area (Å²) in [7, 11) is 0. The number of amides is 1. The Hall–Kier alpha value is -3.78. The van der Waals surface area contributed by atoms with Gasteiger partial charge in [-0.2, -0.15) is 0 Å². The van der Waals surface area contributed by atoms with Gasteiger partial charge in [-0.25, -0.2) is 9.97 Å². The fourth-order valence-corrected chi connectivity index (χ4v) is 4.39. The fraction of sp³-hybridized carbons (Fsp3) is 0.357. The van der Waals surface area contributed by atoms with Crippen LogP contribution >= 0.6 is 0 Å². The molecule has 0 atom stereocenters. The summed E-state index contributed by atoms with van der Waals surface area (Å²) >= 11 is 0. The molecule has 0 spiro atoms. The highest BCUT2D eigenvalue weighted by atomic mass is 16.5. The Morgan fingerprint density at radius 2 is 1.97 bits per heavy atom. The number of benzene rings is 1. The van der Waals surface area contributed by atoms with Crippen LogP contribution in [-0.4, -0.2) is 32.9 Å². The van der Waals surface area contributed by atoms with Gasteiger partial charge in [0.2, 0.25) is 5.88 Å². The number of nitrogens with one attached hydrogen (secondary N) is 2. The summed E-state index contributed by atoms with van der Waals surface area (Å²) in [6.07, 6.45) is 5.58. The molecule has 0 radical (unpaired) electrons. The van der Waals surface area contributed by atoms with E-state index in [9.17, 15) is 9.59 Å². The van der Waals surface area contributed by atoms with Crippen LogP contribution in [0.5, 0.6) is 5.88 Å². The predicted molar refractivity (Wildman–Crippen MR) is 139 cm³/mol. The van der Waals surface area contributed by atoms with Crippen molar-refractivity contribution in [1.29, 1.82) is 0 Å². The van der Waals surface area contributed by atoms with Gasteiger partial charge in [-0.05, 0) is 80.4 Å². The van der Waals surface area contributed by atoms with Crippen molar-refractivity contribution in [2.45, 2.75) is 52.3 Å². The number of ether oxygens (including phenoxy) is 1. The minimum absolute atomic E-state index is 0.0378. The van der Waals surface area contributed by atoms with Crippen molar-refractivity contribution in [3.8, 4) is 5.88 Å². The van der Waals surface area contributed by atoms with Gasteiger partial charge in [0.05, 0.1) is 18.3 Å². The number of pyridine rings is 2. The van der Waals surface area contributed by atoms with E-state index in [1.807, 2.05) is 19.9 Å². The summed E-state index contributed by atoms with van der Waals surface area (Å²) in [6.45, 7) is 5.97. The summed E-state index contributed by atoms with van der Waals surface area (Å²) in [5.41, 5.74) is 2.05. The van der Waals surface area contributed by atoms with Gasteiger partial charge in [-0.15, -0.1) is 0 Å². The molecule has 36 heavy (non-hydrogen) atoms. The van der Waals surface area contributed by atoms with Crippen molar-refractivity contribution in [2.24, 2.45) is 5.92 Å². The van der Waals surface area contributed by atoms with Gasteiger partial charge < -0.3 is 15.4 Å². The first-order valence-electron chi connectivity index (χ1n) is 12.5. The van der Waals surface area contributed by atoms with Gasteiger partial charge in [-0.1, -0.05) is 18.6 Å². The first kappa shape index (κ1) is 23.9. The third-order valence-electron chi connectivity index (χ3n) is 6.48. The Morgan fingerprint density at radius 3 is 2.75 bits per heavy atom. The molecule has 1 fully saturated rings. The topological polar surface area (TPSA) is 97.6 Å². The Labute approximate surface area is 209 Å². The zero-order valence-electron chi connectivity index (χ0n) is 20.7. The molecule has 3 aromatic heterocycles. The van der Waals surface area contributed by atoms with Crippen LogP contribution in [0.1, 0.15) is 54.9 Å². The zero-order chi connectivity index (χ0) is 25.1. The van der Waals surface area contributed by atoms with Gasteiger partial charge in [0, 0.05) is 24.2 Å². The van der Waals surface area contributed by atoms with Crippen molar-refractivity contribution >= 4 is 22.3 Å². The quantitative estimate of drug-likeness (QED) is 0.374. The molecule has 0 saturated heterocycles. The molecule has 1 saturated carbocycles. The lowest BCUT2D eigenvalue weighted by atomic mass is 9.85. The molecule has 1 amide bonds. The first-order valence-corrected chi connectivity index (χ1v) is 12.5. The largest absolute Gasteiger partial charge is 0.474 e. The molecule has 1 aliphatic carbocycles. The summed E-state index contributed by atoms with van der Waals surface area (Å²) < 4.78 is 7.40. The minimum Gasteiger partial charge on any atom is -0.474 e. The van der Waals surface area contributed by atoms with E-state index in [1.54, 1.807) is 24.4 Å². The lowest BCUT2D eigenvalue weighted by Gasteiger charge is -2.25. The SMILES string of the molecule is CC(C)Oc1nc(CNC(=O)c2cc(=O)n3ccccc3n2)cc2cc(CNCC3CCC3)ccc12. The first-order chi connectivity index (χ1) is 17.5. The third kappa shape index (κ3) is 5.39. The number of carbonyl (C=O) groups is 1. The Balaban J connectivity index is 1.35. The van der Waals surface area contributed by atoms with Crippen LogP contribution in [-0.2, 0) is 13.1 Å². The maximum absolute atomic E-state index is 12.8. The van der Waals surface area contributed by atoms with Gasteiger partial charge in [0.1, 0.15) is 11.3 Å². The van der Waals surface area contributed by atoms with Crippen LogP contribution in [0.25, 0.3) is 16.4 Å². The Bertz CT molecular complexity index is 1460. The molecule has 5 rings (SSSR count). The highest BCUT2D eigenvalue weighted by Gasteiger charge is 2.17. The standard InChI is InChI=1S/C28H31N5O3/c1-18(2)36-28-23-10-9-20(16-29-15-19-6-5-7-19)12-21(23)13-22(31-28)17-30-27(35)24-14-26(34)33-11-4-3-8-25(33)32-24/h3-4,8-14,18-19,29H,5-7,15-17H2,1-2H3,(H,30,35). The molecule has 186 valence electrons. The monoisotopic (exact) mass is 485 g/mol. The number of hydrogen-bond acceptors (Lipinski definition) is 6. The Morgan fingerprint density at radius 1 is 1.11 bits per heavy atom. The van der Waals surface area contributed by atoms with E-state index in [-0.39, 0.29) is 23.9 Å². The van der Waals surface area contributed by atoms with Gasteiger partial charge in [-0.3, -0.25) is 14.0 Å². The number of nitrogens with zero attached hydrogens (tertiary/aromatic N) is 3. The highest BCUT2D eigenvalue weighted by molar-refractivity contribution is 5.92. The van der Waals surface area contributed by atoms with Gasteiger partial charge >= 0.3 is 0 Å². The van der Waals surface area contributed by atoms with E-state index in [0.717, 1.165) is 29.8 Å². The molecule has 2 N–H and O–H groups in total. The van der Waals surface area contributed by atoms with Crippen LogP contribution < -0.4 is 20.9 Å². The zero-order valence-corrected chi connectivity index (χ0v) is 20.7. The molecule has 1 aliphatic rings. The maximum atomic E-state index is 12.8. The highest BCUT2D eigenvalue weighted by Crippen LogP contribution is 2.28. The van der Waals surface area contributed by atoms with Crippen molar-refractivity contribution in [3.05, 3.63) is 82.0 Å². The van der Waals surface area contributed by atoms with E-state index < -0.39 is 5.91 Å². The molecular formula is C28H31N5O3. The number of carbonyl (C=O) groups excluding carboxylic acids is 1. The predicted octanol–water partition coefficient (Wildman–Crippen LogP) is 3.85. The molecule has 0 unspecified atom stereocenters. The van der Waals surface area contributed by atoms with Gasteiger partial charge in [0.15, 0.2) is 0 Å². The van der Waals surface area contributed by atoms with E-state index in [4.69, 9.17) is 4.74 Å². The minimum atomic E-state index is -0.430. The van der Waals surface area contributed by atoms with Crippen LogP contribution in [0.4, 0.5) is 0 Å². The van der Waals surface area contributed by atoms with Crippen molar-refractivity contribution in [2.75, 3.05) is 6.54 Å². The normalized spacial score (nSPS) is 13.8. The molecule has 8 nitrogen and oxygen atoms in total. The number of rotatable bonds is 9. The van der Waals surface area contributed by atoms with Crippen molar-refractivity contribution in [1.82, 2.24) is 25.0 Å². The van der Waals surface area contributed by atoms with E-state index >= 15 is 0 Å². The van der Waals surface area contributed by atoms with Crippen LogP contribution in [0, 0.1) is 5.92 Å². The summed E-state index contributed by atoms with van der Waals surface area (Å²) in [5.74, 6) is 0.924. The third-order valence-corrected chi connectivity index (χ3v) is 6.48. The molecule has 4 aromatic rings. The van der Waals surface area contributed by atoms with Crippen LogP contribution in [0.3, 0.4) is 0 Å². The molecule has 1 aromatic carbocycles. The summed E-state index contributed by atoms with van der Waals surface area (Å²) in [6, 6.07) is 14.7. The van der Waals surface area contributed by atoms with E-state index in [2.05, 4.69) is 38.8 Å². The summed E-state index contributed by atoms with van der Waals surface area (Å²) in [5, 5.41) is 8.36. The van der Waals surface area contributed by atoms with Crippen LogP contribution in [0.15, 0.2) is 59.5 Å². The smallest absolute Gasteiger partial charge is 0.270 e. The summed E-state index contributed by atoms with van der Waals surface area (Å²) in [4.78, 5) is 34.1. The second-order valence-corrected chi connectivity index (χ2v) is 9.66. The van der Waals surface area contributed by atoms with E-state index in [0.29, 0.717) is 17.2 Å². The van der Waals surface area contributed by atoms with E-state index in [1.165, 1.54) is 35.3 Å². The average Bonchev–Trinajstić information content (AvgIpc) is 2.83. The average molecular weight is 486 g/mol. The van der Waals surface area contributed by atoms with Crippen molar-refractivity contribution < 1.29 is 9.53 Å². The maximum Gasteiger partial charge on any atom is 0.270 e. The molecule has 3 heterocycles. The van der Waals surface area contributed by atoms with Crippen LogP contribution in [0.2, 0.25) is 0 Å². The number of hydrogen-bond donors (Lipinski definition) is 2. The lowest BCUT2D eigenvalue weighted by Crippen LogP contribution is -2.27. The molecule has 0 bridgehead atoms. The molecular weight excluding hydrogens is 454 g/mol. The van der Waals surface area contributed by atoms with Crippen molar-refractivity contribution in [3.63, 3.8) is 0 Å². The number of aromatic nitrogens is 3.